The summed E-state index contributed by atoms with van der Waals surface area (Å²) in [5.74, 6) is -0.989. The molecule has 0 spiro atoms. The van der Waals surface area contributed by atoms with Gasteiger partial charge in [0.05, 0.1) is 13.2 Å². The molecule has 1 amide bonds. The van der Waals surface area contributed by atoms with Crippen molar-refractivity contribution in [2.45, 2.75) is 65.0 Å². The number of carbonyl (C=O) groups excluding carboxylic acids is 3. The molecule has 0 aliphatic carbocycles. The quantitative estimate of drug-likeness (QED) is 0.626. The van der Waals surface area contributed by atoms with Crippen LogP contribution in [0.2, 0.25) is 0 Å². The number of hydrogen-bond donors (Lipinski definition) is 2. The number of ketones is 1. The van der Waals surface area contributed by atoms with Crippen molar-refractivity contribution in [3.05, 3.63) is 0 Å². The highest BCUT2D eigenvalue weighted by Crippen LogP contribution is 2.20. The number of hydrogen-bond acceptors (Lipinski definition) is 5. The number of methoxy groups -OCH3 is 1. The lowest BCUT2D eigenvalue weighted by Crippen LogP contribution is -2.46. The SMILES string of the molecule is CCC[C@H](NC(=O)[C@@H](CC(=O)C1CCCN1)C(C)C)C(=O)OC. The van der Waals surface area contributed by atoms with Gasteiger partial charge in [-0.3, -0.25) is 9.59 Å². The molecule has 0 radical (unpaired) electrons. The van der Waals surface area contributed by atoms with Crippen LogP contribution in [0.25, 0.3) is 0 Å². The second-order valence-electron chi connectivity index (χ2n) is 6.54. The van der Waals surface area contributed by atoms with E-state index in [4.69, 9.17) is 4.74 Å². The summed E-state index contributed by atoms with van der Waals surface area (Å²) in [4.78, 5) is 36.6. The lowest BCUT2D eigenvalue weighted by molar-refractivity contribution is -0.146. The van der Waals surface area contributed by atoms with Gasteiger partial charge in [-0.1, -0.05) is 27.2 Å². The number of carbonyl (C=O) groups is 3. The molecule has 23 heavy (non-hydrogen) atoms. The molecule has 1 heterocycles. The summed E-state index contributed by atoms with van der Waals surface area (Å²) in [5, 5.41) is 5.93. The number of esters is 1. The normalized spacial score (nSPS) is 20.1. The fourth-order valence-corrected chi connectivity index (χ4v) is 2.91. The molecule has 1 saturated heterocycles. The van der Waals surface area contributed by atoms with E-state index in [9.17, 15) is 14.4 Å². The van der Waals surface area contributed by atoms with Gasteiger partial charge >= 0.3 is 5.97 Å². The summed E-state index contributed by atoms with van der Waals surface area (Å²) >= 11 is 0. The molecule has 0 aromatic heterocycles. The first-order chi connectivity index (χ1) is 10.9. The largest absolute Gasteiger partial charge is 0.467 e. The molecule has 132 valence electrons. The topological polar surface area (TPSA) is 84.5 Å². The van der Waals surface area contributed by atoms with Crippen LogP contribution in [0, 0.1) is 11.8 Å². The Balaban J connectivity index is 2.69. The minimum atomic E-state index is -0.640. The van der Waals surface area contributed by atoms with E-state index in [0.717, 1.165) is 25.8 Å². The van der Waals surface area contributed by atoms with Crippen molar-refractivity contribution in [2.24, 2.45) is 11.8 Å². The third-order valence-electron chi connectivity index (χ3n) is 4.39. The molecule has 3 atom stereocenters. The number of rotatable bonds is 9. The molecule has 1 aliphatic heterocycles. The minimum Gasteiger partial charge on any atom is -0.467 e. The average Bonchev–Trinajstić information content (AvgIpc) is 3.05. The van der Waals surface area contributed by atoms with Gasteiger partial charge in [0.2, 0.25) is 5.91 Å². The lowest BCUT2D eigenvalue weighted by atomic mass is 9.87. The first-order valence-corrected chi connectivity index (χ1v) is 8.55. The molecule has 1 fully saturated rings. The summed E-state index contributed by atoms with van der Waals surface area (Å²) in [7, 11) is 1.31. The van der Waals surface area contributed by atoms with Crippen LogP contribution < -0.4 is 10.6 Å². The highest BCUT2D eigenvalue weighted by Gasteiger charge is 2.32. The number of nitrogens with one attached hydrogen (secondary N) is 2. The zero-order valence-corrected chi connectivity index (χ0v) is 14.7. The van der Waals surface area contributed by atoms with E-state index in [1.54, 1.807) is 0 Å². The molecular weight excluding hydrogens is 296 g/mol. The molecule has 0 aromatic rings. The molecular formula is C17H30N2O4. The monoisotopic (exact) mass is 326 g/mol. The Labute approximate surface area is 138 Å². The second kappa shape index (κ2) is 9.65. The van der Waals surface area contributed by atoms with Gasteiger partial charge in [0, 0.05) is 12.3 Å². The van der Waals surface area contributed by atoms with E-state index in [-0.39, 0.29) is 30.1 Å². The van der Waals surface area contributed by atoms with Gasteiger partial charge in [-0.25, -0.2) is 4.79 Å². The van der Waals surface area contributed by atoms with E-state index < -0.39 is 17.9 Å². The first kappa shape index (κ1) is 19.6. The second-order valence-corrected chi connectivity index (χ2v) is 6.54. The Bertz CT molecular complexity index is 417. The van der Waals surface area contributed by atoms with Gasteiger partial charge in [-0.15, -0.1) is 0 Å². The Morgan fingerprint density at radius 2 is 2.00 bits per heavy atom. The highest BCUT2D eigenvalue weighted by molar-refractivity contribution is 5.91. The van der Waals surface area contributed by atoms with E-state index in [1.807, 2.05) is 20.8 Å². The van der Waals surface area contributed by atoms with Crippen LogP contribution in [-0.4, -0.2) is 43.4 Å². The summed E-state index contributed by atoms with van der Waals surface area (Å²) < 4.78 is 4.74. The van der Waals surface area contributed by atoms with E-state index in [2.05, 4.69) is 10.6 Å². The van der Waals surface area contributed by atoms with Crippen molar-refractivity contribution in [3.63, 3.8) is 0 Å². The predicted molar refractivity (Wildman–Crippen MR) is 87.8 cm³/mol. The minimum absolute atomic E-state index is 0.0280. The Morgan fingerprint density at radius 1 is 1.30 bits per heavy atom. The first-order valence-electron chi connectivity index (χ1n) is 8.55. The number of ether oxygens (including phenoxy) is 1. The smallest absolute Gasteiger partial charge is 0.328 e. The molecule has 1 unspecified atom stereocenters. The standard InChI is InChI=1S/C17H30N2O4/c1-5-7-14(17(22)23-4)19-16(21)12(11(2)3)10-15(20)13-8-6-9-18-13/h11-14,18H,5-10H2,1-4H3,(H,19,21)/t12-,13?,14-/m0/s1. The zero-order valence-electron chi connectivity index (χ0n) is 14.7. The zero-order chi connectivity index (χ0) is 17.4. The van der Waals surface area contributed by atoms with Crippen LogP contribution in [0.3, 0.4) is 0 Å². The fraction of sp³-hybridized carbons (Fsp3) is 0.824. The summed E-state index contributed by atoms with van der Waals surface area (Å²) in [5.41, 5.74) is 0. The van der Waals surface area contributed by atoms with Gasteiger partial charge in [-0.2, -0.15) is 0 Å². The van der Waals surface area contributed by atoms with Crippen LogP contribution in [0.15, 0.2) is 0 Å². The van der Waals surface area contributed by atoms with Gasteiger partial charge in [-0.05, 0) is 31.7 Å². The van der Waals surface area contributed by atoms with Crippen molar-refractivity contribution in [2.75, 3.05) is 13.7 Å². The lowest BCUT2D eigenvalue weighted by Gasteiger charge is -2.24. The maximum Gasteiger partial charge on any atom is 0.328 e. The fourth-order valence-electron chi connectivity index (χ4n) is 2.91. The summed E-state index contributed by atoms with van der Waals surface area (Å²) in [6, 6.07) is -0.769. The van der Waals surface area contributed by atoms with Crippen LogP contribution >= 0.6 is 0 Å². The third-order valence-corrected chi connectivity index (χ3v) is 4.39. The number of amides is 1. The van der Waals surface area contributed by atoms with Crippen LogP contribution in [0.4, 0.5) is 0 Å². The van der Waals surface area contributed by atoms with Crippen molar-refractivity contribution in [3.8, 4) is 0 Å². The van der Waals surface area contributed by atoms with Crippen LogP contribution in [-0.2, 0) is 19.1 Å². The Kier molecular flexibility index (Phi) is 8.23. The van der Waals surface area contributed by atoms with Crippen molar-refractivity contribution in [1.29, 1.82) is 0 Å². The van der Waals surface area contributed by atoms with Gasteiger partial charge in [0.15, 0.2) is 5.78 Å². The average molecular weight is 326 g/mol. The molecule has 1 aliphatic rings. The van der Waals surface area contributed by atoms with Crippen molar-refractivity contribution >= 4 is 17.7 Å². The van der Waals surface area contributed by atoms with Crippen LogP contribution in [0.5, 0.6) is 0 Å². The van der Waals surface area contributed by atoms with Crippen molar-refractivity contribution in [1.82, 2.24) is 10.6 Å². The maximum atomic E-state index is 12.5. The maximum absolute atomic E-state index is 12.5. The van der Waals surface area contributed by atoms with E-state index >= 15 is 0 Å². The molecule has 6 nitrogen and oxygen atoms in total. The highest BCUT2D eigenvalue weighted by atomic mass is 16.5. The van der Waals surface area contributed by atoms with E-state index in [1.165, 1.54) is 7.11 Å². The van der Waals surface area contributed by atoms with Crippen molar-refractivity contribution < 1.29 is 19.1 Å². The predicted octanol–water partition coefficient (Wildman–Crippen LogP) is 1.43. The molecule has 0 saturated carbocycles. The Morgan fingerprint density at radius 3 is 2.48 bits per heavy atom. The van der Waals surface area contributed by atoms with Gasteiger partial charge in [0.1, 0.15) is 6.04 Å². The molecule has 0 bridgehead atoms. The van der Waals surface area contributed by atoms with Crippen LogP contribution in [0.1, 0.15) is 52.9 Å². The van der Waals surface area contributed by atoms with E-state index in [0.29, 0.717) is 6.42 Å². The Hall–Kier alpha value is -1.43. The third kappa shape index (κ3) is 5.94. The van der Waals surface area contributed by atoms with Gasteiger partial charge in [0.25, 0.3) is 0 Å². The molecule has 0 aromatic carbocycles. The number of Topliss-reactive ketones (excluding diaryl/α,β-unsaturated/α-hetero) is 1. The van der Waals surface area contributed by atoms with Gasteiger partial charge < -0.3 is 15.4 Å². The molecule has 2 N–H and O–H groups in total. The molecule has 1 rings (SSSR count). The summed E-state index contributed by atoms with van der Waals surface area (Å²) in [6.45, 7) is 6.65. The summed E-state index contributed by atoms with van der Waals surface area (Å²) in [6.07, 6.45) is 3.33. The molecule has 6 heteroatoms.